The number of amides is 2. The Labute approximate surface area is 156 Å². The van der Waals surface area contributed by atoms with E-state index in [1.165, 1.54) is 11.3 Å². The molecule has 1 aromatic rings. The molecule has 2 heterocycles. The zero-order chi connectivity index (χ0) is 18.7. The number of hydrogen-bond donors (Lipinski definition) is 0. The highest BCUT2D eigenvalue weighted by atomic mass is 16.2. The maximum atomic E-state index is 12.9. The van der Waals surface area contributed by atoms with E-state index in [1.807, 2.05) is 9.80 Å². The van der Waals surface area contributed by atoms with Crippen LogP contribution in [0.2, 0.25) is 0 Å². The van der Waals surface area contributed by atoms with Crippen LogP contribution in [0.25, 0.3) is 0 Å². The van der Waals surface area contributed by atoms with E-state index in [0.29, 0.717) is 18.9 Å². The van der Waals surface area contributed by atoms with Gasteiger partial charge in [-0.3, -0.25) is 9.59 Å². The molecule has 2 saturated heterocycles. The van der Waals surface area contributed by atoms with E-state index in [9.17, 15) is 9.59 Å². The molecule has 3 rings (SSSR count). The van der Waals surface area contributed by atoms with Crippen LogP contribution >= 0.6 is 0 Å². The molecule has 26 heavy (non-hydrogen) atoms. The molecule has 0 aliphatic carbocycles. The molecule has 2 aliphatic rings. The Morgan fingerprint density at radius 1 is 1.19 bits per heavy atom. The van der Waals surface area contributed by atoms with Crippen molar-refractivity contribution in [2.75, 3.05) is 44.2 Å². The van der Waals surface area contributed by atoms with E-state index in [2.05, 4.69) is 49.9 Å². The highest BCUT2D eigenvalue weighted by Crippen LogP contribution is 2.23. The van der Waals surface area contributed by atoms with Gasteiger partial charge in [-0.25, -0.2) is 0 Å². The number of benzene rings is 1. The Balaban J connectivity index is 1.51. The van der Waals surface area contributed by atoms with Crippen LogP contribution in [-0.4, -0.2) is 60.9 Å². The highest BCUT2D eigenvalue weighted by molar-refractivity contribution is 5.89. The quantitative estimate of drug-likeness (QED) is 0.813. The average molecular weight is 357 g/mol. The third-order valence-electron chi connectivity index (χ3n) is 5.50. The molecule has 0 N–H and O–H groups in total. The van der Waals surface area contributed by atoms with Gasteiger partial charge in [0.05, 0.1) is 5.92 Å². The predicted octanol–water partition coefficient (Wildman–Crippen LogP) is 2.54. The monoisotopic (exact) mass is 357 g/mol. The molecule has 2 amide bonds. The zero-order valence-electron chi connectivity index (χ0n) is 16.3. The molecule has 0 saturated carbocycles. The summed E-state index contributed by atoms with van der Waals surface area (Å²) < 4.78 is 0. The van der Waals surface area contributed by atoms with Crippen molar-refractivity contribution in [3.8, 4) is 0 Å². The number of hydrogen-bond acceptors (Lipinski definition) is 3. The number of anilines is 1. The van der Waals surface area contributed by atoms with Crippen LogP contribution in [-0.2, 0) is 9.59 Å². The second kappa shape index (κ2) is 8.11. The van der Waals surface area contributed by atoms with E-state index < -0.39 is 0 Å². The van der Waals surface area contributed by atoms with Gasteiger partial charge < -0.3 is 14.7 Å². The van der Waals surface area contributed by atoms with E-state index in [-0.39, 0.29) is 17.7 Å². The predicted molar refractivity (Wildman–Crippen MR) is 104 cm³/mol. The molecule has 5 nitrogen and oxygen atoms in total. The van der Waals surface area contributed by atoms with Crippen molar-refractivity contribution in [3.63, 3.8) is 0 Å². The largest absolute Gasteiger partial charge is 0.368 e. The lowest BCUT2D eigenvalue weighted by Gasteiger charge is -2.37. The summed E-state index contributed by atoms with van der Waals surface area (Å²) in [6.45, 7) is 11.0. The Kier molecular flexibility index (Phi) is 5.84. The van der Waals surface area contributed by atoms with Gasteiger partial charge in [0.15, 0.2) is 0 Å². The summed E-state index contributed by atoms with van der Waals surface area (Å²) in [6.07, 6.45) is 1.39. The first-order valence-electron chi connectivity index (χ1n) is 9.82. The fourth-order valence-electron chi connectivity index (χ4n) is 3.84. The van der Waals surface area contributed by atoms with Crippen molar-refractivity contribution in [3.05, 3.63) is 29.8 Å². The molecule has 5 heteroatoms. The Hall–Kier alpha value is -2.04. The first-order chi connectivity index (χ1) is 12.4. The maximum Gasteiger partial charge on any atom is 0.228 e. The number of carbonyl (C=O) groups excluding carboxylic acids is 2. The first-order valence-corrected chi connectivity index (χ1v) is 9.82. The number of rotatable bonds is 5. The minimum absolute atomic E-state index is 0.141. The Bertz CT molecular complexity index is 650. The van der Waals surface area contributed by atoms with Crippen LogP contribution in [0.15, 0.2) is 24.3 Å². The fraction of sp³-hybridized carbons (Fsp3) is 0.619. The number of nitrogens with zero attached hydrogens (tertiary/aromatic N) is 3. The van der Waals surface area contributed by atoms with Gasteiger partial charge in [-0.15, -0.1) is 0 Å². The molecule has 1 unspecified atom stereocenters. The normalized spacial score (nSPS) is 21.0. The molecule has 1 aromatic carbocycles. The van der Waals surface area contributed by atoms with Gasteiger partial charge in [0.1, 0.15) is 0 Å². The number of likely N-dealkylation sites (tertiary alicyclic amines) is 1. The molecule has 0 bridgehead atoms. The van der Waals surface area contributed by atoms with Crippen molar-refractivity contribution >= 4 is 17.5 Å². The lowest BCUT2D eigenvalue weighted by Crippen LogP contribution is -2.50. The zero-order valence-corrected chi connectivity index (χ0v) is 16.3. The number of carbonyl (C=O) groups is 2. The van der Waals surface area contributed by atoms with Gasteiger partial charge in [-0.2, -0.15) is 0 Å². The van der Waals surface area contributed by atoms with Gasteiger partial charge >= 0.3 is 0 Å². The molecule has 0 radical (unpaired) electrons. The molecule has 1 atom stereocenters. The second-order valence-electron chi connectivity index (χ2n) is 8.07. The van der Waals surface area contributed by atoms with Crippen LogP contribution in [0.3, 0.4) is 0 Å². The van der Waals surface area contributed by atoms with Gasteiger partial charge in [0.2, 0.25) is 11.8 Å². The van der Waals surface area contributed by atoms with Crippen LogP contribution in [0, 0.1) is 18.8 Å². The SMILES string of the molecule is Cc1cccc(N2CCN(C(=O)C3CC(=O)N(CCC(C)C)C3)CC2)c1. The lowest BCUT2D eigenvalue weighted by molar-refractivity contribution is -0.136. The number of piperazine rings is 1. The summed E-state index contributed by atoms with van der Waals surface area (Å²) in [5, 5.41) is 0. The van der Waals surface area contributed by atoms with Crippen molar-refractivity contribution in [2.45, 2.75) is 33.6 Å². The summed E-state index contributed by atoms with van der Waals surface area (Å²) in [7, 11) is 0. The van der Waals surface area contributed by atoms with Crippen molar-refractivity contribution in [2.24, 2.45) is 11.8 Å². The Morgan fingerprint density at radius 3 is 2.58 bits per heavy atom. The van der Waals surface area contributed by atoms with Crippen molar-refractivity contribution in [1.29, 1.82) is 0 Å². The molecule has 2 fully saturated rings. The Morgan fingerprint density at radius 2 is 1.92 bits per heavy atom. The number of aryl methyl sites for hydroxylation is 1. The van der Waals surface area contributed by atoms with Crippen LogP contribution in [0.4, 0.5) is 5.69 Å². The third-order valence-corrected chi connectivity index (χ3v) is 5.50. The third kappa shape index (κ3) is 4.37. The smallest absolute Gasteiger partial charge is 0.228 e. The standard InChI is InChI=1S/C21H31N3O2/c1-16(2)7-8-24-15-18(14-20(24)25)21(26)23-11-9-22(10-12-23)19-6-4-5-17(3)13-19/h4-6,13,16,18H,7-12,14-15H2,1-3H3. The van der Waals surface area contributed by atoms with Gasteiger partial charge in [-0.1, -0.05) is 26.0 Å². The second-order valence-corrected chi connectivity index (χ2v) is 8.07. The van der Waals surface area contributed by atoms with Crippen LogP contribution in [0.5, 0.6) is 0 Å². The van der Waals surface area contributed by atoms with Crippen molar-refractivity contribution < 1.29 is 9.59 Å². The summed E-state index contributed by atoms with van der Waals surface area (Å²) in [5.74, 6) is 0.726. The van der Waals surface area contributed by atoms with Gasteiger partial charge in [-0.05, 0) is 37.0 Å². The van der Waals surface area contributed by atoms with Gasteiger partial charge in [0, 0.05) is 51.4 Å². The summed E-state index contributed by atoms with van der Waals surface area (Å²) in [6, 6.07) is 8.51. The van der Waals surface area contributed by atoms with E-state index >= 15 is 0 Å². The summed E-state index contributed by atoms with van der Waals surface area (Å²) in [4.78, 5) is 31.2. The summed E-state index contributed by atoms with van der Waals surface area (Å²) in [5.41, 5.74) is 2.49. The van der Waals surface area contributed by atoms with Crippen LogP contribution in [0.1, 0.15) is 32.3 Å². The minimum Gasteiger partial charge on any atom is -0.368 e. The average Bonchev–Trinajstić information content (AvgIpc) is 3.00. The minimum atomic E-state index is -0.153. The van der Waals surface area contributed by atoms with E-state index in [4.69, 9.17) is 0 Å². The topological polar surface area (TPSA) is 43.9 Å². The maximum absolute atomic E-state index is 12.9. The molecule has 0 spiro atoms. The fourth-order valence-corrected chi connectivity index (χ4v) is 3.84. The first kappa shape index (κ1) is 18.7. The summed E-state index contributed by atoms with van der Waals surface area (Å²) >= 11 is 0. The molecule has 142 valence electrons. The lowest BCUT2D eigenvalue weighted by atomic mass is 10.1. The van der Waals surface area contributed by atoms with E-state index in [1.54, 1.807) is 0 Å². The molecule has 2 aliphatic heterocycles. The highest BCUT2D eigenvalue weighted by Gasteiger charge is 2.37. The molecule has 0 aromatic heterocycles. The van der Waals surface area contributed by atoms with Gasteiger partial charge in [0.25, 0.3) is 0 Å². The van der Waals surface area contributed by atoms with E-state index in [0.717, 1.165) is 39.1 Å². The molecular weight excluding hydrogens is 326 g/mol. The van der Waals surface area contributed by atoms with Crippen molar-refractivity contribution in [1.82, 2.24) is 9.80 Å². The molecular formula is C21H31N3O2. The van der Waals surface area contributed by atoms with Crippen LogP contribution < -0.4 is 4.90 Å².